The van der Waals surface area contributed by atoms with Crippen LogP contribution in [0, 0.1) is 11.3 Å². The third kappa shape index (κ3) is 7.09. The van der Waals surface area contributed by atoms with Gasteiger partial charge < -0.3 is 10.5 Å². The Morgan fingerprint density at radius 1 is 1.24 bits per heavy atom. The zero-order chi connectivity index (χ0) is 15.9. The molecule has 0 aliphatic rings. The molecule has 1 rings (SSSR count). The lowest BCUT2D eigenvalue weighted by atomic mass is 9.76. The molecule has 0 aromatic heterocycles. The maximum absolute atomic E-state index is 11.9. The molecule has 0 saturated carbocycles. The molecule has 1 atom stereocenters. The number of benzene rings is 1. The van der Waals surface area contributed by atoms with Crippen LogP contribution in [0.25, 0.3) is 0 Å². The Kier molecular flexibility index (Phi) is 7.40. The molecule has 2 N–H and O–H groups in total. The second-order valence-electron chi connectivity index (χ2n) is 6.47. The van der Waals surface area contributed by atoms with Gasteiger partial charge in [0.2, 0.25) is 0 Å². The summed E-state index contributed by atoms with van der Waals surface area (Å²) in [5, 5.41) is 0. The first-order chi connectivity index (χ1) is 9.82. The van der Waals surface area contributed by atoms with Crippen molar-refractivity contribution in [1.82, 2.24) is 0 Å². The van der Waals surface area contributed by atoms with E-state index in [1.807, 2.05) is 24.3 Å². The van der Waals surface area contributed by atoms with E-state index in [2.05, 4.69) is 36.7 Å². The van der Waals surface area contributed by atoms with Gasteiger partial charge >= 0.3 is 5.97 Å². The van der Waals surface area contributed by atoms with Crippen molar-refractivity contribution < 1.29 is 9.53 Å². The Bertz CT molecular complexity index is 437. The van der Waals surface area contributed by atoms with Crippen LogP contribution in [0.3, 0.4) is 0 Å². The Morgan fingerprint density at radius 3 is 2.38 bits per heavy atom. The van der Waals surface area contributed by atoms with E-state index in [0.717, 1.165) is 22.9 Å². The van der Waals surface area contributed by atoms with E-state index in [9.17, 15) is 4.79 Å². The van der Waals surface area contributed by atoms with E-state index in [1.54, 1.807) is 0 Å². The highest BCUT2D eigenvalue weighted by Gasteiger charge is 2.24. The van der Waals surface area contributed by atoms with Crippen molar-refractivity contribution in [2.45, 2.75) is 46.6 Å². The van der Waals surface area contributed by atoms with Gasteiger partial charge in [0.05, 0.1) is 0 Å². The predicted molar refractivity (Wildman–Crippen MR) is 89.8 cm³/mol. The van der Waals surface area contributed by atoms with Gasteiger partial charge in [0.1, 0.15) is 6.61 Å². The average Bonchev–Trinajstić information content (AvgIpc) is 2.41. The summed E-state index contributed by atoms with van der Waals surface area (Å²) in [7, 11) is 0. The standard InChI is InChI=1S/C17H26BrNO2/c1-17(2,3)14(10-11-19)6-9-16(20)21-12-13-4-7-15(18)8-5-13/h4-5,7-8,14H,6,9-12,19H2,1-3H3. The summed E-state index contributed by atoms with van der Waals surface area (Å²) in [6.45, 7) is 7.58. The van der Waals surface area contributed by atoms with Crippen LogP contribution in [-0.4, -0.2) is 12.5 Å². The maximum Gasteiger partial charge on any atom is 0.306 e. The van der Waals surface area contributed by atoms with Crippen LogP contribution in [0.5, 0.6) is 0 Å². The molecule has 1 aromatic carbocycles. The smallest absolute Gasteiger partial charge is 0.306 e. The molecule has 4 heteroatoms. The molecule has 0 aliphatic carbocycles. The third-order valence-corrected chi connectivity index (χ3v) is 4.28. The number of hydrogen-bond acceptors (Lipinski definition) is 3. The number of rotatable bonds is 7. The summed E-state index contributed by atoms with van der Waals surface area (Å²) in [5.74, 6) is 0.312. The van der Waals surface area contributed by atoms with Gasteiger partial charge in [0.25, 0.3) is 0 Å². The third-order valence-electron chi connectivity index (χ3n) is 3.75. The summed E-state index contributed by atoms with van der Waals surface area (Å²) in [6, 6.07) is 7.79. The van der Waals surface area contributed by atoms with Crippen molar-refractivity contribution in [3.05, 3.63) is 34.3 Å². The molecule has 21 heavy (non-hydrogen) atoms. The van der Waals surface area contributed by atoms with Gasteiger partial charge in [-0.25, -0.2) is 0 Å². The summed E-state index contributed by atoms with van der Waals surface area (Å²) < 4.78 is 6.34. The molecular formula is C17H26BrNO2. The molecule has 0 aliphatic heterocycles. The fourth-order valence-corrected chi connectivity index (χ4v) is 2.58. The first-order valence-electron chi connectivity index (χ1n) is 7.43. The predicted octanol–water partition coefficient (Wildman–Crippen LogP) is 4.28. The fourth-order valence-electron chi connectivity index (χ4n) is 2.32. The zero-order valence-corrected chi connectivity index (χ0v) is 14.8. The van der Waals surface area contributed by atoms with Crippen LogP contribution in [0.15, 0.2) is 28.7 Å². The summed E-state index contributed by atoms with van der Waals surface area (Å²) >= 11 is 3.38. The lowest BCUT2D eigenvalue weighted by molar-refractivity contribution is -0.145. The normalized spacial score (nSPS) is 13.0. The van der Waals surface area contributed by atoms with Crippen molar-refractivity contribution in [2.75, 3.05) is 6.54 Å². The van der Waals surface area contributed by atoms with Crippen LogP contribution < -0.4 is 5.73 Å². The van der Waals surface area contributed by atoms with E-state index in [1.165, 1.54) is 0 Å². The minimum Gasteiger partial charge on any atom is -0.461 e. The second kappa shape index (κ2) is 8.54. The first-order valence-corrected chi connectivity index (χ1v) is 8.22. The minimum atomic E-state index is -0.135. The first kappa shape index (κ1) is 18.2. The zero-order valence-electron chi connectivity index (χ0n) is 13.2. The number of halogens is 1. The monoisotopic (exact) mass is 355 g/mol. The highest BCUT2D eigenvalue weighted by atomic mass is 79.9. The molecule has 118 valence electrons. The number of carbonyl (C=O) groups is 1. The number of carbonyl (C=O) groups excluding carboxylic acids is 1. The topological polar surface area (TPSA) is 52.3 Å². The largest absolute Gasteiger partial charge is 0.461 e. The molecule has 0 spiro atoms. The maximum atomic E-state index is 11.9. The Labute approximate surface area is 136 Å². The Balaban J connectivity index is 2.37. The van der Waals surface area contributed by atoms with Crippen LogP contribution in [-0.2, 0) is 16.1 Å². The van der Waals surface area contributed by atoms with Crippen LogP contribution >= 0.6 is 15.9 Å². The van der Waals surface area contributed by atoms with Crippen LogP contribution in [0.4, 0.5) is 0 Å². The molecule has 1 unspecified atom stereocenters. The van der Waals surface area contributed by atoms with Crippen molar-refractivity contribution in [3.8, 4) is 0 Å². The molecule has 0 heterocycles. The van der Waals surface area contributed by atoms with Gasteiger partial charge in [-0.3, -0.25) is 4.79 Å². The summed E-state index contributed by atoms with van der Waals surface area (Å²) in [6.07, 6.45) is 2.24. The molecule has 1 aromatic rings. The van der Waals surface area contributed by atoms with Crippen LogP contribution in [0.2, 0.25) is 0 Å². The second-order valence-corrected chi connectivity index (χ2v) is 7.38. The van der Waals surface area contributed by atoms with E-state index in [4.69, 9.17) is 10.5 Å². The molecule has 3 nitrogen and oxygen atoms in total. The Morgan fingerprint density at radius 2 is 1.86 bits per heavy atom. The van der Waals surface area contributed by atoms with Gasteiger partial charge in [0, 0.05) is 10.9 Å². The molecule has 0 radical (unpaired) electrons. The van der Waals surface area contributed by atoms with Gasteiger partial charge in [-0.2, -0.15) is 0 Å². The van der Waals surface area contributed by atoms with E-state index in [0.29, 0.717) is 25.5 Å². The van der Waals surface area contributed by atoms with E-state index >= 15 is 0 Å². The van der Waals surface area contributed by atoms with Gasteiger partial charge in [-0.05, 0) is 48.4 Å². The van der Waals surface area contributed by atoms with Gasteiger partial charge in [-0.15, -0.1) is 0 Å². The number of ether oxygens (including phenoxy) is 1. The highest BCUT2D eigenvalue weighted by molar-refractivity contribution is 9.10. The molecule has 0 amide bonds. The van der Waals surface area contributed by atoms with E-state index < -0.39 is 0 Å². The fraction of sp³-hybridized carbons (Fsp3) is 0.588. The molecular weight excluding hydrogens is 330 g/mol. The SMILES string of the molecule is CC(C)(C)C(CCN)CCC(=O)OCc1ccc(Br)cc1. The molecule has 0 bridgehead atoms. The number of hydrogen-bond donors (Lipinski definition) is 1. The minimum absolute atomic E-state index is 0.135. The van der Waals surface area contributed by atoms with Crippen molar-refractivity contribution in [1.29, 1.82) is 0 Å². The quantitative estimate of drug-likeness (QED) is 0.742. The summed E-state index contributed by atoms with van der Waals surface area (Å²) in [4.78, 5) is 11.9. The van der Waals surface area contributed by atoms with Crippen LogP contribution in [0.1, 0.15) is 45.6 Å². The van der Waals surface area contributed by atoms with Gasteiger partial charge in [0.15, 0.2) is 0 Å². The highest BCUT2D eigenvalue weighted by Crippen LogP contribution is 2.32. The van der Waals surface area contributed by atoms with Crippen molar-refractivity contribution in [2.24, 2.45) is 17.1 Å². The van der Waals surface area contributed by atoms with Crippen molar-refractivity contribution >= 4 is 21.9 Å². The summed E-state index contributed by atoms with van der Waals surface area (Å²) in [5.41, 5.74) is 6.83. The van der Waals surface area contributed by atoms with Gasteiger partial charge in [-0.1, -0.05) is 48.8 Å². The van der Waals surface area contributed by atoms with E-state index in [-0.39, 0.29) is 11.4 Å². The van der Waals surface area contributed by atoms with Crippen molar-refractivity contribution in [3.63, 3.8) is 0 Å². The average molecular weight is 356 g/mol. The Hall–Kier alpha value is -0.870. The number of nitrogens with two attached hydrogens (primary N) is 1. The lowest BCUT2D eigenvalue weighted by Crippen LogP contribution is -2.24. The molecule has 0 saturated heterocycles. The lowest BCUT2D eigenvalue weighted by Gasteiger charge is -2.30. The number of esters is 1. The molecule has 0 fully saturated rings.